The second-order valence-corrected chi connectivity index (χ2v) is 8.31. The molecule has 0 aliphatic heterocycles. The van der Waals surface area contributed by atoms with Crippen LogP contribution in [0.15, 0.2) is 92.0 Å². The number of hydrogen-bond acceptors (Lipinski definition) is 7. The molecule has 0 bridgehead atoms. The third kappa shape index (κ3) is 5.63. The number of benzene rings is 3. The molecule has 1 heterocycles. The standard InChI is InChI=1S/C23H16BrN3O4S/c24-17-10-11-19(30-22(29)15-6-2-1-3-7-15)16(12-17)13-25-27-21(28)14-32-23-26-18-8-4-5-9-20(18)31-23/h1-13H,14H2,(H,27,28)/b25-13-. The van der Waals surface area contributed by atoms with Crippen LogP contribution in [0.2, 0.25) is 0 Å². The average Bonchev–Trinajstić information content (AvgIpc) is 3.23. The molecule has 1 amide bonds. The molecule has 0 radical (unpaired) electrons. The first-order valence-corrected chi connectivity index (χ1v) is 11.2. The number of amides is 1. The zero-order valence-corrected chi connectivity index (χ0v) is 18.9. The number of nitrogens with one attached hydrogen (secondary N) is 1. The van der Waals surface area contributed by atoms with E-state index < -0.39 is 5.97 Å². The SMILES string of the molecule is O=C(CSc1nc2ccccc2o1)N/N=C\c1cc(Br)ccc1OC(=O)c1ccccc1. The molecule has 1 aromatic heterocycles. The van der Waals surface area contributed by atoms with Crippen molar-refractivity contribution in [2.75, 3.05) is 5.75 Å². The molecule has 0 aliphatic rings. The summed E-state index contributed by atoms with van der Waals surface area (Å²) in [5.41, 5.74) is 4.81. The first-order valence-electron chi connectivity index (χ1n) is 9.45. The molecule has 0 atom stereocenters. The predicted molar refractivity (Wildman–Crippen MR) is 126 cm³/mol. The summed E-state index contributed by atoms with van der Waals surface area (Å²) in [4.78, 5) is 28.8. The summed E-state index contributed by atoms with van der Waals surface area (Å²) >= 11 is 4.55. The zero-order chi connectivity index (χ0) is 22.3. The van der Waals surface area contributed by atoms with Gasteiger partial charge in [0.15, 0.2) is 5.58 Å². The van der Waals surface area contributed by atoms with Gasteiger partial charge in [-0.05, 0) is 42.5 Å². The van der Waals surface area contributed by atoms with Crippen molar-refractivity contribution < 1.29 is 18.7 Å². The van der Waals surface area contributed by atoms with Gasteiger partial charge in [-0.15, -0.1) is 0 Å². The first-order chi connectivity index (χ1) is 15.6. The van der Waals surface area contributed by atoms with Gasteiger partial charge < -0.3 is 9.15 Å². The number of halogens is 1. The van der Waals surface area contributed by atoms with Crippen molar-refractivity contribution in [1.29, 1.82) is 0 Å². The number of rotatable bonds is 7. The van der Waals surface area contributed by atoms with E-state index in [1.165, 1.54) is 18.0 Å². The fourth-order valence-electron chi connectivity index (χ4n) is 2.69. The topological polar surface area (TPSA) is 93.8 Å². The Bertz CT molecular complexity index is 1260. The smallest absolute Gasteiger partial charge is 0.343 e. The Morgan fingerprint density at radius 2 is 1.88 bits per heavy atom. The Morgan fingerprint density at radius 1 is 1.09 bits per heavy atom. The van der Waals surface area contributed by atoms with Crippen LogP contribution in [0.25, 0.3) is 11.1 Å². The van der Waals surface area contributed by atoms with Gasteiger partial charge in [0.1, 0.15) is 11.3 Å². The summed E-state index contributed by atoms with van der Waals surface area (Å²) in [6, 6.07) is 21.2. The minimum Gasteiger partial charge on any atom is -0.431 e. The number of carbonyl (C=O) groups excluding carboxylic acids is 2. The molecule has 4 rings (SSSR count). The number of para-hydroxylation sites is 2. The quantitative estimate of drug-likeness (QED) is 0.123. The summed E-state index contributed by atoms with van der Waals surface area (Å²) in [7, 11) is 0. The largest absolute Gasteiger partial charge is 0.431 e. The summed E-state index contributed by atoms with van der Waals surface area (Å²) in [6.45, 7) is 0. The minimum absolute atomic E-state index is 0.0818. The van der Waals surface area contributed by atoms with Gasteiger partial charge in [0.05, 0.1) is 17.5 Å². The van der Waals surface area contributed by atoms with E-state index in [1.807, 2.05) is 30.3 Å². The van der Waals surface area contributed by atoms with Crippen molar-refractivity contribution in [3.05, 3.63) is 88.4 Å². The van der Waals surface area contributed by atoms with E-state index in [0.29, 0.717) is 27.7 Å². The lowest BCUT2D eigenvalue weighted by atomic mass is 10.2. The van der Waals surface area contributed by atoms with Crippen molar-refractivity contribution in [3.8, 4) is 5.75 Å². The van der Waals surface area contributed by atoms with Crippen LogP contribution in [0.5, 0.6) is 5.75 Å². The number of carbonyl (C=O) groups is 2. The Labute approximate surface area is 196 Å². The summed E-state index contributed by atoms with van der Waals surface area (Å²) in [5, 5.41) is 4.39. The van der Waals surface area contributed by atoms with Crippen LogP contribution >= 0.6 is 27.7 Å². The number of ether oxygens (including phenoxy) is 1. The molecule has 7 nitrogen and oxygen atoms in total. The molecule has 0 saturated heterocycles. The van der Waals surface area contributed by atoms with Crippen molar-refractivity contribution >= 4 is 56.9 Å². The third-order valence-corrected chi connectivity index (χ3v) is 5.50. The van der Waals surface area contributed by atoms with Crippen molar-refractivity contribution in [1.82, 2.24) is 10.4 Å². The number of fused-ring (bicyclic) bond motifs is 1. The van der Waals surface area contributed by atoms with Crippen LogP contribution in [0, 0.1) is 0 Å². The normalized spacial score (nSPS) is 11.0. The van der Waals surface area contributed by atoms with Crippen LogP contribution in [-0.4, -0.2) is 28.8 Å². The van der Waals surface area contributed by atoms with Gasteiger partial charge in [-0.3, -0.25) is 4.79 Å². The van der Waals surface area contributed by atoms with Gasteiger partial charge >= 0.3 is 5.97 Å². The molecule has 9 heteroatoms. The highest BCUT2D eigenvalue weighted by Crippen LogP contribution is 2.24. The highest BCUT2D eigenvalue weighted by molar-refractivity contribution is 9.10. The van der Waals surface area contributed by atoms with Crippen LogP contribution in [0.4, 0.5) is 0 Å². The molecule has 4 aromatic rings. The molecule has 0 fully saturated rings. The lowest BCUT2D eigenvalue weighted by molar-refractivity contribution is -0.118. The minimum atomic E-state index is -0.485. The summed E-state index contributed by atoms with van der Waals surface area (Å²) < 4.78 is 11.8. The maximum atomic E-state index is 12.4. The van der Waals surface area contributed by atoms with Gasteiger partial charge in [-0.25, -0.2) is 15.2 Å². The Morgan fingerprint density at radius 3 is 2.69 bits per heavy atom. The first kappa shape index (κ1) is 21.8. The number of aromatic nitrogens is 1. The van der Waals surface area contributed by atoms with Crippen LogP contribution < -0.4 is 10.2 Å². The lowest BCUT2D eigenvalue weighted by Crippen LogP contribution is -2.19. The maximum Gasteiger partial charge on any atom is 0.343 e. The van der Waals surface area contributed by atoms with E-state index in [-0.39, 0.29) is 11.7 Å². The highest BCUT2D eigenvalue weighted by Gasteiger charge is 2.12. The van der Waals surface area contributed by atoms with E-state index in [2.05, 4.69) is 31.4 Å². The molecule has 3 aromatic carbocycles. The molecule has 0 spiro atoms. The number of oxazole rings is 1. The lowest BCUT2D eigenvalue weighted by Gasteiger charge is -2.08. The fraction of sp³-hybridized carbons (Fsp3) is 0.0435. The Kier molecular flexibility index (Phi) is 6.98. The van der Waals surface area contributed by atoms with E-state index >= 15 is 0 Å². The number of nitrogens with zero attached hydrogens (tertiary/aromatic N) is 2. The fourth-order valence-corrected chi connectivity index (χ4v) is 3.70. The number of hydrazone groups is 1. The van der Waals surface area contributed by atoms with E-state index in [9.17, 15) is 9.59 Å². The molecular weight excluding hydrogens is 494 g/mol. The zero-order valence-electron chi connectivity index (χ0n) is 16.5. The summed E-state index contributed by atoms with van der Waals surface area (Å²) in [6.07, 6.45) is 1.42. The van der Waals surface area contributed by atoms with Gasteiger partial charge in [-0.1, -0.05) is 58.0 Å². The maximum absolute atomic E-state index is 12.4. The van der Waals surface area contributed by atoms with Gasteiger partial charge in [0.25, 0.3) is 11.1 Å². The van der Waals surface area contributed by atoms with E-state index in [1.54, 1.807) is 42.5 Å². The number of esters is 1. The van der Waals surface area contributed by atoms with Crippen molar-refractivity contribution in [2.24, 2.45) is 5.10 Å². The molecular formula is C23H16BrN3O4S. The van der Waals surface area contributed by atoms with Gasteiger partial charge in [-0.2, -0.15) is 5.10 Å². The van der Waals surface area contributed by atoms with Crippen LogP contribution in [-0.2, 0) is 4.79 Å². The van der Waals surface area contributed by atoms with Crippen LogP contribution in [0.1, 0.15) is 15.9 Å². The number of thioether (sulfide) groups is 1. The van der Waals surface area contributed by atoms with Crippen molar-refractivity contribution in [3.63, 3.8) is 0 Å². The highest BCUT2D eigenvalue weighted by atomic mass is 79.9. The monoisotopic (exact) mass is 509 g/mol. The molecule has 0 unspecified atom stereocenters. The molecule has 160 valence electrons. The second-order valence-electron chi connectivity index (χ2n) is 6.47. The number of hydrogen-bond donors (Lipinski definition) is 1. The van der Waals surface area contributed by atoms with Gasteiger partial charge in [0, 0.05) is 10.0 Å². The predicted octanol–water partition coefficient (Wildman–Crippen LogP) is 5.05. The molecule has 0 aliphatic carbocycles. The third-order valence-electron chi connectivity index (χ3n) is 4.18. The van der Waals surface area contributed by atoms with E-state index in [0.717, 1.165) is 9.99 Å². The Balaban J connectivity index is 1.36. The van der Waals surface area contributed by atoms with Gasteiger partial charge in [0.2, 0.25) is 0 Å². The average molecular weight is 510 g/mol. The molecule has 32 heavy (non-hydrogen) atoms. The molecule has 1 N–H and O–H groups in total. The van der Waals surface area contributed by atoms with E-state index in [4.69, 9.17) is 9.15 Å². The molecule has 0 saturated carbocycles. The van der Waals surface area contributed by atoms with Crippen molar-refractivity contribution in [2.45, 2.75) is 5.22 Å². The van der Waals surface area contributed by atoms with Crippen LogP contribution in [0.3, 0.4) is 0 Å². The Hall–Kier alpha value is -3.43. The summed E-state index contributed by atoms with van der Waals surface area (Å²) in [5.74, 6) is -0.410. The second kappa shape index (κ2) is 10.3.